The molecule has 36 heavy (non-hydrogen) atoms. The van der Waals surface area contributed by atoms with E-state index in [1.165, 1.54) is 4.80 Å². The van der Waals surface area contributed by atoms with E-state index < -0.39 is 17.9 Å². The van der Waals surface area contributed by atoms with Crippen LogP contribution in [-0.2, 0) is 4.79 Å². The second-order valence-corrected chi connectivity index (χ2v) is 9.15. The minimum atomic E-state index is -0.987. The average molecular weight is 486 g/mol. The highest BCUT2D eigenvalue weighted by Crippen LogP contribution is 2.37. The summed E-state index contributed by atoms with van der Waals surface area (Å²) in [5.74, 6) is -1.48. The number of carboxylic acids is 1. The van der Waals surface area contributed by atoms with Crippen LogP contribution in [-0.4, -0.2) is 48.9 Å². The van der Waals surface area contributed by atoms with Gasteiger partial charge in [0.25, 0.3) is 0 Å². The van der Waals surface area contributed by atoms with Crippen molar-refractivity contribution < 1.29 is 19.1 Å². The fraction of sp³-hybridized carbons (Fsp3) is 0.296. The van der Waals surface area contributed by atoms with Gasteiger partial charge in [-0.05, 0) is 38.8 Å². The number of nitrogens with one attached hydrogen (secondary N) is 1. The highest BCUT2D eigenvalue weighted by molar-refractivity contribution is 6.01. The number of carbonyl (C=O) groups excluding carboxylic acids is 1. The molecule has 2 N–H and O–H groups in total. The van der Waals surface area contributed by atoms with E-state index in [4.69, 9.17) is 4.42 Å². The number of benzene rings is 2. The fourth-order valence-electron chi connectivity index (χ4n) is 4.65. The molecule has 2 aromatic heterocycles. The second-order valence-electron chi connectivity index (χ2n) is 9.15. The molecule has 0 spiro atoms. The molecule has 0 aliphatic carbocycles. The van der Waals surface area contributed by atoms with Crippen LogP contribution in [0.4, 0.5) is 0 Å². The first-order valence-electron chi connectivity index (χ1n) is 12.0. The molecule has 0 radical (unpaired) electrons. The quantitative estimate of drug-likeness (QED) is 0.373. The topological polar surface area (TPSA) is 123 Å². The van der Waals surface area contributed by atoms with Gasteiger partial charge in [0.1, 0.15) is 5.69 Å². The van der Waals surface area contributed by atoms with E-state index in [0.717, 1.165) is 12.0 Å². The maximum absolute atomic E-state index is 13.8. The summed E-state index contributed by atoms with van der Waals surface area (Å²) in [4.78, 5) is 31.8. The summed E-state index contributed by atoms with van der Waals surface area (Å²) in [5.41, 5.74) is 2.32. The number of piperidine rings is 1. The highest BCUT2D eigenvalue weighted by atomic mass is 16.4. The Kier molecular flexibility index (Phi) is 6.47. The third kappa shape index (κ3) is 4.57. The molecule has 2 unspecified atom stereocenters. The SMILES string of the molecule is CC(C(=O)O)c1nc([C@@H]2CC[C@@H](C)NC2C(=O)c2cccc(-n3nccn3)c2)oc1-c1ccccc1. The third-order valence-electron chi connectivity index (χ3n) is 6.64. The van der Waals surface area contributed by atoms with Crippen molar-refractivity contribution in [1.82, 2.24) is 25.3 Å². The lowest BCUT2D eigenvalue weighted by Gasteiger charge is -2.33. The standard InChI is InChI=1S/C27H27N5O4/c1-16-11-12-21(23(30-16)24(33)19-9-6-10-20(15-19)32-28-13-14-29-32)26-31-22(17(2)27(34)35)25(36-26)18-7-4-3-5-8-18/h3-10,13-17,21,23,30H,11-12H2,1-2H3,(H,34,35)/t16-,17?,21-,23?/m1/s1. The van der Waals surface area contributed by atoms with Crippen LogP contribution in [0.25, 0.3) is 17.0 Å². The van der Waals surface area contributed by atoms with Crippen LogP contribution in [0.1, 0.15) is 60.5 Å². The molecule has 0 bridgehead atoms. The number of ketones is 1. The fourth-order valence-corrected chi connectivity index (χ4v) is 4.65. The van der Waals surface area contributed by atoms with Crippen molar-refractivity contribution in [1.29, 1.82) is 0 Å². The number of aromatic nitrogens is 4. The Morgan fingerprint density at radius 1 is 1.08 bits per heavy atom. The van der Waals surface area contributed by atoms with Gasteiger partial charge in [-0.25, -0.2) is 4.98 Å². The lowest BCUT2D eigenvalue weighted by atomic mass is 9.83. The summed E-state index contributed by atoms with van der Waals surface area (Å²) in [6.45, 7) is 3.64. The zero-order valence-corrected chi connectivity index (χ0v) is 20.0. The van der Waals surface area contributed by atoms with Crippen LogP contribution in [0.2, 0.25) is 0 Å². The Morgan fingerprint density at radius 2 is 1.83 bits per heavy atom. The Morgan fingerprint density at radius 3 is 2.56 bits per heavy atom. The monoisotopic (exact) mass is 485 g/mol. The van der Waals surface area contributed by atoms with Crippen molar-refractivity contribution in [3.63, 3.8) is 0 Å². The van der Waals surface area contributed by atoms with Gasteiger partial charge in [0.2, 0.25) is 0 Å². The number of carboxylic acid groups (broad SMARTS) is 1. The first kappa shape index (κ1) is 23.6. The summed E-state index contributed by atoms with van der Waals surface area (Å²) >= 11 is 0. The van der Waals surface area contributed by atoms with Crippen LogP contribution >= 0.6 is 0 Å². The number of hydrogen-bond acceptors (Lipinski definition) is 7. The van der Waals surface area contributed by atoms with Crippen molar-refractivity contribution in [2.75, 3.05) is 0 Å². The molecular weight excluding hydrogens is 458 g/mol. The molecule has 0 amide bonds. The molecule has 1 fully saturated rings. The number of aliphatic carboxylic acids is 1. The zero-order valence-electron chi connectivity index (χ0n) is 20.0. The number of nitrogens with zero attached hydrogens (tertiary/aromatic N) is 4. The van der Waals surface area contributed by atoms with Crippen LogP contribution in [0, 0.1) is 0 Å². The summed E-state index contributed by atoms with van der Waals surface area (Å²) in [5, 5.41) is 21.4. The van der Waals surface area contributed by atoms with Crippen molar-refractivity contribution in [2.24, 2.45) is 0 Å². The van der Waals surface area contributed by atoms with E-state index in [9.17, 15) is 14.7 Å². The van der Waals surface area contributed by atoms with Crippen molar-refractivity contribution in [3.05, 3.63) is 84.1 Å². The van der Waals surface area contributed by atoms with Crippen LogP contribution in [0.3, 0.4) is 0 Å². The Balaban J connectivity index is 1.53. The van der Waals surface area contributed by atoms with Gasteiger partial charge in [-0.15, -0.1) is 0 Å². The molecule has 9 nitrogen and oxygen atoms in total. The van der Waals surface area contributed by atoms with E-state index >= 15 is 0 Å². The van der Waals surface area contributed by atoms with Crippen LogP contribution in [0.15, 0.2) is 71.4 Å². The number of hydrogen-bond donors (Lipinski definition) is 2. The number of rotatable bonds is 7. The van der Waals surface area contributed by atoms with Gasteiger partial charge < -0.3 is 14.8 Å². The lowest BCUT2D eigenvalue weighted by Crippen LogP contribution is -2.50. The third-order valence-corrected chi connectivity index (χ3v) is 6.64. The summed E-state index contributed by atoms with van der Waals surface area (Å²) in [7, 11) is 0. The molecule has 9 heteroatoms. The molecular formula is C27H27N5O4. The minimum absolute atomic E-state index is 0.0900. The van der Waals surface area contributed by atoms with Gasteiger partial charge in [0.15, 0.2) is 17.4 Å². The molecule has 4 aromatic rings. The van der Waals surface area contributed by atoms with Gasteiger partial charge in [-0.3, -0.25) is 9.59 Å². The predicted octanol–water partition coefficient (Wildman–Crippen LogP) is 4.22. The summed E-state index contributed by atoms with van der Waals surface area (Å²) in [6, 6.07) is 16.1. The summed E-state index contributed by atoms with van der Waals surface area (Å²) < 4.78 is 6.26. The lowest BCUT2D eigenvalue weighted by molar-refractivity contribution is -0.138. The molecule has 4 atom stereocenters. The molecule has 5 rings (SSSR count). The van der Waals surface area contributed by atoms with Gasteiger partial charge in [-0.1, -0.05) is 42.5 Å². The second kappa shape index (κ2) is 9.87. The van der Waals surface area contributed by atoms with Gasteiger partial charge >= 0.3 is 5.97 Å². The van der Waals surface area contributed by atoms with Crippen molar-refractivity contribution in [3.8, 4) is 17.0 Å². The van der Waals surface area contributed by atoms with E-state index in [2.05, 4.69) is 20.5 Å². The molecule has 1 saturated heterocycles. The molecule has 1 aliphatic heterocycles. The van der Waals surface area contributed by atoms with Gasteiger partial charge in [0, 0.05) is 17.2 Å². The number of carbonyl (C=O) groups is 2. The molecule has 1 aliphatic rings. The first-order valence-corrected chi connectivity index (χ1v) is 12.0. The average Bonchev–Trinajstić information content (AvgIpc) is 3.59. The van der Waals surface area contributed by atoms with Gasteiger partial charge in [0.05, 0.1) is 36.0 Å². The zero-order chi connectivity index (χ0) is 25.2. The smallest absolute Gasteiger partial charge is 0.312 e. The van der Waals surface area contributed by atoms with Crippen molar-refractivity contribution >= 4 is 11.8 Å². The maximum atomic E-state index is 13.8. The Labute approximate surface area is 208 Å². The normalized spacial score (nSPS) is 20.7. The maximum Gasteiger partial charge on any atom is 0.312 e. The van der Waals surface area contributed by atoms with Crippen LogP contribution in [0.5, 0.6) is 0 Å². The largest absolute Gasteiger partial charge is 0.481 e. The Hall–Kier alpha value is -4.11. The molecule has 0 saturated carbocycles. The van der Waals surface area contributed by atoms with Crippen LogP contribution < -0.4 is 5.32 Å². The van der Waals surface area contributed by atoms with Crippen molar-refractivity contribution in [2.45, 2.75) is 50.6 Å². The number of Topliss-reactive ketones (excluding diaryl/α,β-unsaturated/α-hetero) is 1. The molecule has 3 heterocycles. The molecule has 2 aromatic carbocycles. The first-order chi connectivity index (χ1) is 17.4. The molecule has 184 valence electrons. The van der Waals surface area contributed by atoms with E-state index in [1.807, 2.05) is 43.3 Å². The Bertz CT molecular complexity index is 1370. The summed E-state index contributed by atoms with van der Waals surface area (Å²) in [6.07, 6.45) is 4.67. The predicted molar refractivity (Wildman–Crippen MR) is 132 cm³/mol. The van der Waals surface area contributed by atoms with E-state index in [-0.39, 0.29) is 17.7 Å². The van der Waals surface area contributed by atoms with E-state index in [0.29, 0.717) is 35.0 Å². The van der Waals surface area contributed by atoms with Gasteiger partial charge in [-0.2, -0.15) is 15.0 Å². The highest BCUT2D eigenvalue weighted by Gasteiger charge is 2.39. The van der Waals surface area contributed by atoms with E-state index in [1.54, 1.807) is 37.5 Å². The number of oxazole rings is 1. The minimum Gasteiger partial charge on any atom is -0.481 e.